The smallest absolute Gasteiger partial charge is 0.240 e. The third kappa shape index (κ3) is 4.59. The highest BCUT2D eigenvalue weighted by Gasteiger charge is 2.15. The molecule has 0 aliphatic heterocycles. The third-order valence-electron chi connectivity index (χ3n) is 1.97. The van der Waals surface area contributed by atoms with E-state index in [1.54, 1.807) is 0 Å². The number of benzene rings is 1. The molecule has 0 radical (unpaired) electrons. The molecule has 1 unspecified atom stereocenters. The van der Waals surface area contributed by atoms with Crippen molar-refractivity contribution in [2.24, 2.45) is 0 Å². The molecule has 1 N–H and O–H groups in total. The Morgan fingerprint density at radius 2 is 2.00 bits per heavy atom. The van der Waals surface area contributed by atoms with E-state index in [-0.39, 0.29) is 18.0 Å². The van der Waals surface area contributed by atoms with Crippen LogP contribution < -0.4 is 4.72 Å². The molecule has 7 heteroatoms. The maximum atomic E-state index is 12.6. The van der Waals surface area contributed by atoms with Gasteiger partial charge in [-0.15, -0.1) is 11.6 Å². The first-order chi connectivity index (χ1) is 7.95. The van der Waals surface area contributed by atoms with E-state index in [1.165, 1.54) is 19.2 Å². The van der Waals surface area contributed by atoms with Crippen molar-refractivity contribution in [2.45, 2.75) is 10.3 Å². The molecule has 1 rings (SSSR count). The van der Waals surface area contributed by atoms with E-state index in [2.05, 4.69) is 4.72 Å². The van der Waals surface area contributed by atoms with Gasteiger partial charge in [-0.2, -0.15) is 0 Å². The number of ether oxygens (including phenoxy) is 1. The Labute approximate surface area is 105 Å². The largest absolute Gasteiger partial charge is 0.383 e. The molecule has 1 aromatic rings. The highest BCUT2D eigenvalue weighted by Crippen LogP contribution is 2.09. The molecule has 0 saturated carbocycles. The number of methoxy groups -OCH3 is 1. The minimum Gasteiger partial charge on any atom is -0.383 e. The number of rotatable bonds is 6. The molecule has 1 atom stereocenters. The molecular weight excluding hydrogens is 269 g/mol. The van der Waals surface area contributed by atoms with Gasteiger partial charge in [0.15, 0.2) is 0 Å². The summed E-state index contributed by atoms with van der Waals surface area (Å²) >= 11 is 5.79. The van der Waals surface area contributed by atoms with Crippen LogP contribution in [0.2, 0.25) is 0 Å². The van der Waals surface area contributed by atoms with Gasteiger partial charge in [-0.1, -0.05) is 0 Å². The molecule has 0 saturated heterocycles. The van der Waals surface area contributed by atoms with Crippen LogP contribution in [0.5, 0.6) is 0 Å². The SMILES string of the molecule is COCC(Cl)CNS(=O)(=O)c1ccc(F)cc1. The molecule has 1 aromatic carbocycles. The lowest BCUT2D eigenvalue weighted by atomic mass is 10.4. The first kappa shape index (κ1) is 14.4. The molecule has 0 aromatic heterocycles. The fourth-order valence-corrected chi connectivity index (χ4v) is 2.51. The van der Waals surface area contributed by atoms with Crippen LogP contribution in [0.25, 0.3) is 0 Å². The molecule has 0 amide bonds. The highest BCUT2D eigenvalue weighted by atomic mass is 35.5. The second-order valence-corrected chi connectivity index (χ2v) is 5.74. The van der Waals surface area contributed by atoms with Gasteiger partial charge in [0.2, 0.25) is 10.0 Å². The standard InChI is InChI=1S/C10H13ClFNO3S/c1-16-7-8(11)6-13-17(14,15)10-4-2-9(12)3-5-10/h2-5,8,13H,6-7H2,1H3. The van der Waals surface area contributed by atoms with Crippen LogP contribution in [-0.4, -0.2) is 34.1 Å². The Morgan fingerprint density at radius 1 is 1.41 bits per heavy atom. The minimum absolute atomic E-state index is 0.000170. The van der Waals surface area contributed by atoms with Crippen LogP contribution in [0.1, 0.15) is 0 Å². The molecule has 0 heterocycles. The molecule has 4 nitrogen and oxygen atoms in total. The first-order valence-corrected chi connectivity index (χ1v) is 6.76. The predicted molar refractivity (Wildman–Crippen MR) is 63.1 cm³/mol. The summed E-state index contributed by atoms with van der Waals surface area (Å²) in [5, 5.41) is -0.449. The monoisotopic (exact) mass is 281 g/mol. The summed E-state index contributed by atoms with van der Waals surface area (Å²) in [4.78, 5) is 0.000170. The molecule has 0 aliphatic carbocycles. The van der Waals surface area contributed by atoms with Crippen LogP contribution in [0.4, 0.5) is 4.39 Å². The van der Waals surface area contributed by atoms with Crippen molar-refractivity contribution in [3.05, 3.63) is 30.1 Å². The van der Waals surface area contributed by atoms with Crippen LogP contribution in [0.3, 0.4) is 0 Å². The van der Waals surface area contributed by atoms with Crippen LogP contribution in [0, 0.1) is 5.82 Å². The number of halogens is 2. The number of hydrogen-bond donors (Lipinski definition) is 1. The minimum atomic E-state index is -3.65. The van der Waals surface area contributed by atoms with E-state index in [9.17, 15) is 12.8 Å². The van der Waals surface area contributed by atoms with E-state index < -0.39 is 21.2 Å². The topological polar surface area (TPSA) is 55.4 Å². The predicted octanol–water partition coefficient (Wildman–Crippen LogP) is 1.36. The maximum absolute atomic E-state index is 12.6. The van der Waals surface area contributed by atoms with Gasteiger partial charge < -0.3 is 4.74 Å². The van der Waals surface area contributed by atoms with Gasteiger partial charge in [0.1, 0.15) is 5.82 Å². The van der Waals surface area contributed by atoms with Crippen LogP contribution in [0.15, 0.2) is 29.2 Å². The fourth-order valence-electron chi connectivity index (χ4n) is 1.14. The molecule has 96 valence electrons. The molecule has 0 spiro atoms. The van der Waals surface area contributed by atoms with Crippen molar-refractivity contribution in [3.63, 3.8) is 0 Å². The lowest BCUT2D eigenvalue weighted by Crippen LogP contribution is -2.31. The molecule has 0 aliphatic rings. The fraction of sp³-hybridized carbons (Fsp3) is 0.400. The Morgan fingerprint density at radius 3 is 2.53 bits per heavy atom. The molecule has 0 bridgehead atoms. The first-order valence-electron chi connectivity index (χ1n) is 4.84. The summed E-state index contributed by atoms with van der Waals surface area (Å²) in [5.74, 6) is -0.487. The number of hydrogen-bond acceptors (Lipinski definition) is 3. The third-order valence-corrected chi connectivity index (χ3v) is 3.69. The summed E-state index contributed by atoms with van der Waals surface area (Å²) in [5.41, 5.74) is 0. The van der Waals surface area contributed by atoms with Gasteiger partial charge in [-0.05, 0) is 24.3 Å². The Kier molecular flexibility index (Phi) is 5.32. The number of nitrogens with one attached hydrogen (secondary N) is 1. The van der Waals surface area contributed by atoms with Gasteiger partial charge in [0.05, 0.1) is 16.9 Å². The van der Waals surface area contributed by atoms with Crippen molar-refractivity contribution in [2.75, 3.05) is 20.3 Å². The van der Waals surface area contributed by atoms with Gasteiger partial charge in [-0.3, -0.25) is 0 Å². The van der Waals surface area contributed by atoms with Crippen molar-refractivity contribution < 1.29 is 17.5 Å². The van der Waals surface area contributed by atoms with Crippen molar-refractivity contribution in [1.29, 1.82) is 0 Å². The lowest BCUT2D eigenvalue weighted by Gasteiger charge is -2.10. The van der Waals surface area contributed by atoms with E-state index in [1.807, 2.05) is 0 Å². The highest BCUT2D eigenvalue weighted by molar-refractivity contribution is 7.89. The van der Waals surface area contributed by atoms with E-state index in [0.29, 0.717) is 0 Å². The summed E-state index contributed by atoms with van der Waals surface area (Å²) in [6.45, 7) is 0.294. The average Bonchev–Trinajstić information content (AvgIpc) is 2.28. The zero-order chi connectivity index (χ0) is 12.9. The van der Waals surface area contributed by atoms with Gasteiger partial charge >= 0.3 is 0 Å². The van der Waals surface area contributed by atoms with Gasteiger partial charge in [0.25, 0.3) is 0 Å². The normalized spacial score (nSPS) is 13.6. The van der Waals surface area contributed by atoms with Crippen LogP contribution in [-0.2, 0) is 14.8 Å². The Balaban J connectivity index is 2.66. The molecular formula is C10H13ClFNO3S. The zero-order valence-electron chi connectivity index (χ0n) is 9.19. The zero-order valence-corrected chi connectivity index (χ0v) is 10.8. The second-order valence-electron chi connectivity index (χ2n) is 3.36. The summed E-state index contributed by atoms with van der Waals surface area (Å²) in [7, 11) is -2.17. The van der Waals surface area contributed by atoms with Crippen LogP contribution >= 0.6 is 11.6 Å². The Hall–Kier alpha value is -0.690. The van der Waals surface area contributed by atoms with Crippen molar-refractivity contribution >= 4 is 21.6 Å². The summed E-state index contributed by atoms with van der Waals surface area (Å²) in [6.07, 6.45) is 0. The Bertz CT molecular complexity index is 449. The quantitative estimate of drug-likeness (QED) is 0.801. The summed E-state index contributed by atoms with van der Waals surface area (Å²) < 4.78 is 43.2. The number of sulfonamides is 1. The van der Waals surface area contributed by atoms with Crippen molar-refractivity contribution in [3.8, 4) is 0 Å². The number of alkyl halides is 1. The average molecular weight is 282 g/mol. The lowest BCUT2D eigenvalue weighted by molar-refractivity contribution is 0.198. The van der Waals surface area contributed by atoms with Crippen molar-refractivity contribution in [1.82, 2.24) is 4.72 Å². The summed E-state index contributed by atoms with van der Waals surface area (Å²) in [6, 6.07) is 4.55. The molecule has 17 heavy (non-hydrogen) atoms. The molecule has 0 fully saturated rings. The van der Waals surface area contributed by atoms with E-state index >= 15 is 0 Å². The van der Waals surface area contributed by atoms with Gasteiger partial charge in [-0.25, -0.2) is 17.5 Å². The second kappa shape index (κ2) is 6.30. The van der Waals surface area contributed by atoms with Gasteiger partial charge in [0, 0.05) is 13.7 Å². The van der Waals surface area contributed by atoms with E-state index in [4.69, 9.17) is 16.3 Å². The van der Waals surface area contributed by atoms with E-state index in [0.717, 1.165) is 12.1 Å². The maximum Gasteiger partial charge on any atom is 0.240 e.